The van der Waals surface area contributed by atoms with Crippen LogP contribution < -0.4 is 10.3 Å². The average Bonchev–Trinajstić information content (AvgIpc) is 3.22. The van der Waals surface area contributed by atoms with Gasteiger partial charge in [0.15, 0.2) is 11.3 Å². The summed E-state index contributed by atoms with van der Waals surface area (Å²) in [5.74, 6) is 1.46. The van der Waals surface area contributed by atoms with E-state index in [1.54, 1.807) is 11.7 Å². The fourth-order valence-corrected chi connectivity index (χ4v) is 4.54. The molecule has 0 bridgehead atoms. The molecule has 3 aromatic carbocycles. The van der Waals surface area contributed by atoms with E-state index in [1.165, 1.54) is 0 Å². The minimum atomic E-state index is -0.113. The largest absolute Gasteiger partial charge is 0.497 e. The molecule has 0 radical (unpaired) electrons. The third kappa shape index (κ3) is 3.44. The summed E-state index contributed by atoms with van der Waals surface area (Å²) in [5.41, 5.74) is 4.99. The van der Waals surface area contributed by atoms with Crippen molar-refractivity contribution in [2.75, 3.05) is 7.11 Å². The van der Waals surface area contributed by atoms with Crippen molar-refractivity contribution in [3.63, 3.8) is 0 Å². The zero-order valence-electron chi connectivity index (χ0n) is 19.5. The minimum Gasteiger partial charge on any atom is -0.497 e. The Bertz CT molecular complexity index is 1750. The van der Waals surface area contributed by atoms with Crippen LogP contribution in [0, 0.1) is 0 Å². The van der Waals surface area contributed by atoms with Gasteiger partial charge in [-0.2, -0.15) is 0 Å². The molecule has 0 aliphatic heterocycles. The number of methoxy groups -OCH3 is 1. The minimum absolute atomic E-state index is 0.113. The monoisotopic (exact) mass is 461 g/mol. The highest BCUT2D eigenvalue weighted by Gasteiger charge is 2.22. The van der Waals surface area contributed by atoms with E-state index >= 15 is 0 Å². The quantitative estimate of drug-likeness (QED) is 0.365. The molecule has 0 fully saturated rings. The molecule has 35 heavy (non-hydrogen) atoms. The van der Waals surface area contributed by atoms with Gasteiger partial charge in [0.05, 0.1) is 24.7 Å². The number of benzene rings is 3. The van der Waals surface area contributed by atoms with Crippen molar-refractivity contribution in [3.8, 4) is 11.4 Å². The third-order valence-electron chi connectivity index (χ3n) is 6.27. The third-order valence-corrected chi connectivity index (χ3v) is 6.27. The first-order valence-corrected chi connectivity index (χ1v) is 11.6. The number of rotatable bonds is 5. The number of ether oxygens (including phenoxy) is 1. The van der Waals surface area contributed by atoms with Gasteiger partial charge in [-0.1, -0.05) is 49.4 Å². The molecule has 7 heteroatoms. The molecular formula is C28H23N5O2. The van der Waals surface area contributed by atoms with Crippen molar-refractivity contribution in [1.29, 1.82) is 0 Å². The van der Waals surface area contributed by atoms with Crippen molar-refractivity contribution in [2.45, 2.75) is 19.9 Å². The fourth-order valence-electron chi connectivity index (χ4n) is 4.54. The Labute approximate surface area is 201 Å². The number of nitrogens with zero attached hydrogens (tertiary/aromatic N) is 5. The highest BCUT2D eigenvalue weighted by Crippen LogP contribution is 2.29. The topological polar surface area (TPSA) is 74.8 Å². The molecule has 3 heterocycles. The van der Waals surface area contributed by atoms with Gasteiger partial charge < -0.3 is 4.74 Å². The average molecular weight is 462 g/mol. The summed E-state index contributed by atoms with van der Waals surface area (Å²) in [6, 6.07) is 25.3. The van der Waals surface area contributed by atoms with Crippen LogP contribution >= 0.6 is 0 Å². The number of hydrogen-bond acceptors (Lipinski definition) is 5. The lowest BCUT2D eigenvalue weighted by Gasteiger charge is -2.13. The van der Waals surface area contributed by atoms with Crippen molar-refractivity contribution in [1.82, 2.24) is 24.1 Å². The van der Waals surface area contributed by atoms with Gasteiger partial charge in [-0.3, -0.25) is 13.9 Å². The maximum atomic E-state index is 14.0. The van der Waals surface area contributed by atoms with Crippen molar-refractivity contribution in [2.24, 2.45) is 0 Å². The summed E-state index contributed by atoms with van der Waals surface area (Å²) in [5, 5.41) is 0.474. The molecule has 0 saturated heterocycles. The van der Waals surface area contributed by atoms with Gasteiger partial charge in [-0.25, -0.2) is 15.0 Å². The van der Waals surface area contributed by atoms with E-state index in [0.717, 1.165) is 28.0 Å². The fraction of sp³-hybridized carbons (Fsp3) is 0.143. The number of hydrogen-bond donors (Lipinski definition) is 0. The molecule has 6 rings (SSSR count). The van der Waals surface area contributed by atoms with E-state index in [-0.39, 0.29) is 5.56 Å². The van der Waals surface area contributed by atoms with E-state index in [1.807, 2.05) is 90.4 Å². The van der Waals surface area contributed by atoms with E-state index in [0.29, 0.717) is 41.0 Å². The Morgan fingerprint density at radius 3 is 2.17 bits per heavy atom. The lowest BCUT2D eigenvalue weighted by atomic mass is 10.2. The van der Waals surface area contributed by atoms with Crippen molar-refractivity contribution < 1.29 is 4.74 Å². The van der Waals surface area contributed by atoms with E-state index in [2.05, 4.69) is 0 Å². The van der Waals surface area contributed by atoms with Crippen molar-refractivity contribution in [3.05, 3.63) is 101 Å². The second-order valence-electron chi connectivity index (χ2n) is 8.38. The van der Waals surface area contributed by atoms with Crippen LogP contribution in [-0.4, -0.2) is 31.2 Å². The van der Waals surface area contributed by atoms with Crippen LogP contribution in [0.3, 0.4) is 0 Å². The second kappa shape index (κ2) is 8.36. The summed E-state index contributed by atoms with van der Waals surface area (Å²) in [4.78, 5) is 28.9. The summed E-state index contributed by atoms with van der Waals surface area (Å²) >= 11 is 0. The van der Waals surface area contributed by atoms with Gasteiger partial charge in [0.25, 0.3) is 5.56 Å². The highest BCUT2D eigenvalue weighted by atomic mass is 16.5. The number of fused-ring (bicyclic) bond motifs is 4. The van der Waals surface area contributed by atoms with Crippen LogP contribution in [0.25, 0.3) is 38.9 Å². The van der Waals surface area contributed by atoms with Crippen molar-refractivity contribution >= 4 is 33.2 Å². The Morgan fingerprint density at radius 1 is 0.800 bits per heavy atom. The first-order chi connectivity index (χ1) is 17.2. The maximum absolute atomic E-state index is 14.0. The summed E-state index contributed by atoms with van der Waals surface area (Å²) in [6.07, 6.45) is 0.616. The molecule has 0 spiro atoms. The molecule has 3 aromatic heterocycles. The summed E-state index contributed by atoms with van der Waals surface area (Å²) in [6.45, 7) is 2.46. The summed E-state index contributed by atoms with van der Waals surface area (Å²) < 4.78 is 9.02. The lowest BCUT2D eigenvalue weighted by molar-refractivity contribution is 0.415. The SMILES string of the molecule is CCc1nc2c(c(=O)n1Cc1ccccc1)c1nc3ccccc3nc1n2-c1ccc(OC)cc1. The van der Waals surface area contributed by atoms with Crippen LogP contribution in [0.2, 0.25) is 0 Å². The van der Waals surface area contributed by atoms with Crippen LogP contribution in [0.1, 0.15) is 18.3 Å². The molecule has 172 valence electrons. The van der Waals surface area contributed by atoms with Gasteiger partial charge >= 0.3 is 0 Å². The van der Waals surface area contributed by atoms with Crippen LogP contribution in [-0.2, 0) is 13.0 Å². The van der Waals surface area contributed by atoms with E-state index in [9.17, 15) is 4.79 Å². The van der Waals surface area contributed by atoms with Crippen LogP contribution in [0.4, 0.5) is 0 Å². The first-order valence-electron chi connectivity index (χ1n) is 11.6. The number of para-hydroxylation sites is 2. The molecule has 0 saturated carbocycles. The highest BCUT2D eigenvalue weighted by molar-refractivity contribution is 6.05. The predicted molar refractivity (Wildman–Crippen MR) is 137 cm³/mol. The van der Waals surface area contributed by atoms with Gasteiger partial charge in [0.2, 0.25) is 0 Å². The van der Waals surface area contributed by atoms with Gasteiger partial charge in [-0.15, -0.1) is 0 Å². The molecule has 0 aliphatic carbocycles. The van der Waals surface area contributed by atoms with Gasteiger partial charge in [0.1, 0.15) is 22.5 Å². The predicted octanol–water partition coefficient (Wildman–Crippen LogP) is 4.90. The van der Waals surface area contributed by atoms with E-state index < -0.39 is 0 Å². The molecular weight excluding hydrogens is 438 g/mol. The normalized spacial score (nSPS) is 11.5. The smallest absolute Gasteiger partial charge is 0.265 e. The number of aromatic nitrogens is 5. The van der Waals surface area contributed by atoms with Gasteiger partial charge in [-0.05, 0) is 42.0 Å². The number of aryl methyl sites for hydroxylation is 1. The first kappa shape index (κ1) is 21.0. The molecule has 7 nitrogen and oxygen atoms in total. The van der Waals surface area contributed by atoms with E-state index in [4.69, 9.17) is 19.7 Å². The molecule has 0 N–H and O–H groups in total. The molecule has 0 atom stereocenters. The second-order valence-corrected chi connectivity index (χ2v) is 8.38. The maximum Gasteiger partial charge on any atom is 0.265 e. The Balaban J connectivity index is 1.72. The lowest BCUT2D eigenvalue weighted by Crippen LogP contribution is -2.26. The molecule has 6 aromatic rings. The Hall–Kier alpha value is -4.52. The Morgan fingerprint density at radius 2 is 1.49 bits per heavy atom. The van der Waals surface area contributed by atoms with Crippen LogP contribution in [0.15, 0.2) is 83.7 Å². The molecule has 0 aliphatic rings. The zero-order chi connectivity index (χ0) is 23.9. The van der Waals surface area contributed by atoms with Gasteiger partial charge in [0, 0.05) is 12.1 Å². The standard InChI is InChI=1S/C28H23N5O2/c1-3-23-31-26-24(28(34)32(23)17-18-9-5-4-6-10-18)25-27(30-22-12-8-7-11-21(22)29-25)33(26)19-13-15-20(35-2)16-14-19/h4-16H,3,17H2,1-2H3. The summed E-state index contributed by atoms with van der Waals surface area (Å²) in [7, 11) is 1.64. The molecule has 0 unspecified atom stereocenters. The van der Waals surface area contributed by atoms with Crippen LogP contribution in [0.5, 0.6) is 5.75 Å². The molecule has 0 amide bonds. The zero-order valence-corrected chi connectivity index (χ0v) is 19.5. The Kier molecular flexibility index (Phi) is 5.03.